The maximum Gasteiger partial charge on any atom is 0.319 e. The Morgan fingerprint density at radius 1 is 1.33 bits per heavy atom. The quantitative estimate of drug-likeness (QED) is 0.667. The van der Waals surface area contributed by atoms with Gasteiger partial charge in [0.25, 0.3) is 0 Å². The van der Waals surface area contributed by atoms with Crippen molar-refractivity contribution in [2.24, 2.45) is 11.3 Å². The number of aryl methyl sites for hydroxylation is 1. The highest BCUT2D eigenvalue weighted by molar-refractivity contribution is 5.98. The lowest BCUT2D eigenvalue weighted by atomic mass is 9.80. The number of ether oxygens (including phenoxy) is 1. The zero-order valence-electron chi connectivity index (χ0n) is 13.4. The first kappa shape index (κ1) is 17.1. The molecule has 0 spiro atoms. The van der Waals surface area contributed by atoms with E-state index in [1.807, 2.05) is 45.9 Å². The van der Waals surface area contributed by atoms with Gasteiger partial charge in [-0.25, -0.2) is 0 Å². The van der Waals surface area contributed by atoms with Crippen molar-refractivity contribution in [3.8, 4) is 0 Å². The summed E-state index contributed by atoms with van der Waals surface area (Å²) >= 11 is 0. The summed E-state index contributed by atoms with van der Waals surface area (Å²) < 4.78 is 5.01. The number of amides is 1. The molecule has 1 unspecified atom stereocenters. The summed E-state index contributed by atoms with van der Waals surface area (Å²) in [5, 5.41) is 2.77. The molecule has 21 heavy (non-hydrogen) atoms. The second-order valence-electron chi connectivity index (χ2n) is 6.04. The van der Waals surface area contributed by atoms with E-state index in [1.54, 1.807) is 6.92 Å². The van der Waals surface area contributed by atoms with Crippen LogP contribution in [0, 0.1) is 18.3 Å². The van der Waals surface area contributed by atoms with Crippen LogP contribution >= 0.6 is 0 Å². The second kappa shape index (κ2) is 7.20. The van der Waals surface area contributed by atoms with Crippen LogP contribution in [0.3, 0.4) is 0 Å². The molecule has 0 aliphatic heterocycles. The summed E-state index contributed by atoms with van der Waals surface area (Å²) in [6.07, 6.45) is 0. The standard InChI is InChI=1S/C16H24N2O3/c1-6-21-15(20)13(16(3,4)5)14(19)17-10-12-9-7-8-11(2)18-12/h7-9,13H,6,10H2,1-5H3,(H,17,19). The molecule has 0 aromatic carbocycles. The number of aromatic nitrogens is 1. The van der Waals surface area contributed by atoms with Crippen LogP contribution in [0.5, 0.6) is 0 Å². The topological polar surface area (TPSA) is 68.3 Å². The molecule has 1 rings (SSSR count). The normalized spacial score (nSPS) is 12.6. The number of nitrogens with zero attached hydrogens (tertiary/aromatic N) is 1. The smallest absolute Gasteiger partial charge is 0.319 e. The Bertz CT molecular complexity index is 506. The molecule has 0 bridgehead atoms. The van der Waals surface area contributed by atoms with Crippen LogP contribution < -0.4 is 5.32 Å². The first-order chi connectivity index (χ1) is 9.75. The number of carbonyl (C=O) groups is 2. The number of hydrogen-bond donors (Lipinski definition) is 1. The molecule has 1 aromatic rings. The maximum atomic E-state index is 12.3. The predicted octanol–water partition coefficient (Wildman–Crippen LogP) is 2.23. The van der Waals surface area contributed by atoms with Gasteiger partial charge in [0, 0.05) is 5.69 Å². The molecule has 1 amide bonds. The fraction of sp³-hybridized carbons (Fsp3) is 0.562. The summed E-state index contributed by atoms with van der Waals surface area (Å²) in [5.41, 5.74) is 1.15. The predicted molar refractivity (Wildman–Crippen MR) is 80.4 cm³/mol. The van der Waals surface area contributed by atoms with E-state index < -0.39 is 17.3 Å². The maximum absolute atomic E-state index is 12.3. The zero-order chi connectivity index (χ0) is 16.0. The number of esters is 1. The number of carbonyl (C=O) groups excluding carboxylic acids is 2. The number of pyridine rings is 1. The Morgan fingerprint density at radius 3 is 2.52 bits per heavy atom. The third-order valence-corrected chi connectivity index (χ3v) is 3.04. The van der Waals surface area contributed by atoms with Gasteiger partial charge in [0.2, 0.25) is 5.91 Å². The molecular weight excluding hydrogens is 268 g/mol. The van der Waals surface area contributed by atoms with Crippen molar-refractivity contribution in [1.82, 2.24) is 10.3 Å². The molecule has 116 valence electrons. The van der Waals surface area contributed by atoms with Gasteiger partial charge in [-0.1, -0.05) is 26.8 Å². The van der Waals surface area contributed by atoms with E-state index in [0.717, 1.165) is 11.4 Å². The molecule has 5 nitrogen and oxygen atoms in total. The summed E-state index contributed by atoms with van der Waals surface area (Å²) in [4.78, 5) is 28.6. The van der Waals surface area contributed by atoms with Crippen LogP contribution in [0.4, 0.5) is 0 Å². The van der Waals surface area contributed by atoms with Gasteiger partial charge in [-0.05, 0) is 31.4 Å². The van der Waals surface area contributed by atoms with E-state index in [2.05, 4.69) is 10.3 Å². The number of nitrogens with one attached hydrogen (secondary N) is 1. The average Bonchev–Trinajstić information content (AvgIpc) is 2.35. The van der Waals surface area contributed by atoms with Gasteiger partial charge in [0.15, 0.2) is 0 Å². The van der Waals surface area contributed by atoms with E-state index in [4.69, 9.17) is 4.74 Å². The van der Waals surface area contributed by atoms with E-state index in [1.165, 1.54) is 0 Å². The minimum Gasteiger partial charge on any atom is -0.465 e. The van der Waals surface area contributed by atoms with Crippen LogP contribution in [0.25, 0.3) is 0 Å². The van der Waals surface area contributed by atoms with Crippen LogP contribution in [0.15, 0.2) is 18.2 Å². The van der Waals surface area contributed by atoms with E-state index in [9.17, 15) is 9.59 Å². The number of hydrogen-bond acceptors (Lipinski definition) is 4. The highest BCUT2D eigenvalue weighted by Crippen LogP contribution is 2.27. The number of rotatable bonds is 5. The Labute approximate surface area is 126 Å². The second-order valence-corrected chi connectivity index (χ2v) is 6.04. The van der Waals surface area contributed by atoms with Gasteiger partial charge in [0.05, 0.1) is 18.8 Å². The summed E-state index contributed by atoms with van der Waals surface area (Å²) in [7, 11) is 0. The van der Waals surface area contributed by atoms with Crippen LogP contribution in [-0.4, -0.2) is 23.5 Å². The molecule has 1 heterocycles. The molecule has 0 aliphatic carbocycles. The molecule has 0 fully saturated rings. The highest BCUT2D eigenvalue weighted by Gasteiger charge is 2.38. The monoisotopic (exact) mass is 292 g/mol. The van der Waals surface area contributed by atoms with Gasteiger partial charge < -0.3 is 10.1 Å². The molecule has 0 saturated heterocycles. The Balaban J connectivity index is 2.75. The van der Waals surface area contributed by atoms with Crippen molar-refractivity contribution < 1.29 is 14.3 Å². The van der Waals surface area contributed by atoms with Gasteiger partial charge in [-0.2, -0.15) is 0 Å². The molecular formula is C16H24N2O3. The fourth-order valence-corrected chi connectivity index (χ4v) is 2.06. The lowest BCUT2D eigenvalue weighted by Gasteiger charge is -2.27. The van der Waals surface area contributed by atoms with Gasteiger partial charge in [-0.3, -0.25) is 14.6 Å². The average molecular weight is 292 g/mol. The molecule has 1 aromatic heterocycles. The van der Waals surface area contributed by atoms with Crippen LogP contribution in [-0.2, 0) is 20.9 Å². The fourth-order valence-electron chi connectivity index (χ4n) is 2.06. The van der Waals surface area contributed by atoms with E-state index in [-0.39, 0.29) is 12.5 Å². The summed E-state index contributed by atoms with van der Waals surface area (Å²) in [6, 6.07) is 5.61. The first-order valence-electron chi connectivity index (χ1n) is 7.12. The van der Waals surface area contributed by atoms with Crippen molar-refractivity contribution in [1.29, 1.82) is 0 Å². The molecule has 1 atom stereocenters. The molecule has 5 heteroatoms. The van der Waals surface area contributed by atoms with E-state index in [0.29, 0.717) is 6.54 Å². The lowest BCUT2D eigenvalue weighted by molar-refractivity contribution is -0.156. The van der Waals surface area contributed by atoms with Crippen molar-refractivity contribution in [2.75, 3.05) is 6.61 Å². The minimum absolute atomic E-state index is 0.262. The highest BCUT2D eigenvalue weighted by atomic mass is 16.5. The van der Waals surface area contributed by atoms with Gasteiger partial charge in [-0.15, -0.1) is 0 Å². The van der Waals surface area contributed by atoms with Crippen molar-refractivity contribution >= 4 is 11.9 Å². The van der Waals surface area contributed by atoms with Crippen LogP contribution in [0.2, 0.25) is 0 Å². The third-order valence-electron chi connectivity index (χ3n) is 3.04. The minimum atomic E-state index is -0.831. The van der Waals surface area contributed by atoms with Gasteiger partial charge in [0.1, 0.15) is 5.92 Å². The van der Waals surface area contributed by atoms with Crippen molar-refractivity contribution in [3.05, 3.63) is 29.6 Å². The Kier molecular flexibility index (Phi) is 5.88. The van der Waals surface area contributed by atoms with Crippen molar-refractivity contribution in [3.63, 3.8) is 0 Å². The third kappa shape index (κ3) is 5.17. The first-order valence-corrected chi connectivity index (χ1v) is 7.12. The largest absolute Gasteiger partial charge is 0.465 e. The molecule has 0 radical (unpaired) electrons. The molecule has 1 N–H and O–H groups in total. The Hall–Kier alpha value is -1.91. The SMILES string of the molecule is CCOC(=O)C(C(=O)NCc1cccc(C)n1)C(C)(C)C. The van der Waals surface area contributed by atoms with Gasteiger partial charge >= 0.3 is 5.97 Å². The molecule has 0 saturated carbocycles. The summed E-state index contributed by atoms with van der Waals surface area (Å²) in [5.74, 6) is -1.65. The molecule has 0 aliphatic rings. The Morgan fingerprint density at radius 2 is 2.00 bits per heavy atom. The van der Waals surface area contributed by atoms with E-state index >= 15 is 0 Å². The summed E-state index contributed by atoms with van der Waals surface area (Å²) in [6.45, 7) is 9.72. The van der Waals surface area contributed by atoms with Crippen LogP contribution in [0.1, 0.15) is 39.1 Å². The van der Waals surface area contributed by atoms with Crippen molar-refractivity contribution in [2.45, 2.75) is 41.2 Å². The zero-order valence-corrected chi connectivity index (χ0v) is 13.4. The lowest BCUT2D eigenvalue weighted by Crippen LogP contribution is -2.43.